The zero-order chi connectivity index (χ0) is 24.2. The lowest BCUT2D eigenvalue weighted by Gasteiger charge is -2.07. The Balaban J connectivity index is 1.90. The number of ether oxygens (including phenoxy) is 2. The molecule has 0 N–H and O–H groups in total. The van der Waals surface area contributed by atoms with Gasteiger partial charge in [-0.15, -0.1) is 0 Å². The molecule has 0 aliphatic carbocycles. The van der Waals surface area contributed by atoms with Gasteiger partial charge in [-0.1, -0.05) is 42.5 Å². The number of hydrogen-bond donors (Lipinski definition) is 0. The van der Waals surface area contributed by atoms with Crippen LogP contribution in [0, 0.1) is 10.1 Å². The lowest BCUT2D eigenvalue weighted by atomic mass is 10.0. The summed E-state index contributed by atoms with van der Waals surface area (Å²) in [4.78, 5) is 40.4. The van der Waals surface area contributed by atoms with Crippen LogP contribution in [0.3, 0.4) is 0 Å². The van der Waals surface area contributed by atoms with Crippen LogP contribution in [0.4, 0.5) is 5.69 Å². The monoisotopic (exact) mass is 458 g/mol. The predicted octanol–water partition coefficient (Wildman–Crippen LogP) is 4.08. The van der Waals surface area contributed by atoms with E-state index in [4.69, 9.17) is 9.47 Å². The van der Waals surface area contributed by atoms with E-state index in [0.717, 1.165) is 0 Å². The highest BCUT2D eigenvalue weighted by Gasteiger charge is 2.31. The highest BCUT2D eigenvalue weighted by Crippen LogP contribution is 2.32. The van der Waals surface area contributed by atoms with Gasteiger partial charge in [0.25, 0.3) is 5.69 Å². The molecule has 10 nitrogen and oxygen atoms in total. The first kappa shape index (κ1) is 22.3. The van der Waals surface area contributed by atoms with Crippen molar-refractivity contribution in [1.29, 1.82) is 0 Å². The summed E-state index contributed by atoms with van der Waals surface area (Å²) in [5.74, 6) is -1.52. The van der Waals surface area contributed by atoms with Crippen molar-refractivity contribution in [2.24, 2.45) is 0 Å². The number of carbonyl (C=O) groups excluding carboxylic acids is 2. The lowest BCUT2D eigenvalue weighted by molar-refractivity contribution is -0.384. The van der Waals surface area contributed by atoms with Crippen LogP contribution >= 0.6 is 0 Å². The number of methoxy groups -OCH3 is 2. The van der Waals surface area contributed by atoms with Gasteiger partial charge in [0.05, 0.1) is 24.8 Å². The third-order valence-electron chi connectivity index (χ3n) is 5.07. The second-order valence-electron chi connectivity index (χ2n) is 7.01. The molecule has 2 aromatic carbocycles. The molecular formula is C24H18N4O6. The summed E-state index contributed by atoms with van der Waals surface area (Å²) in [6.07, 6.45) is 1.47. The minimum Gasteiger partial charge on any atom is -0.465 e. The zero-order valence-corrected chi connectivity index (χ0v) is 18.2. The Morgan fingerprint density at radius 3 is 2.06 bits per heavy atom. The van der Waals surface area contributed by atoms with Gasteiger partial charge in [0.2, 0.25) is 0 Å². The smallest absolute Gasteiger partial charge is 0.357 e. The van der Waals surface area contributed by atoms with Gasteiger partial charge in [-0.3, -0.25) is 10.1 Å². The number of pyridine rings is 1. The Bertz CT molecular complexity index is 1380. The normalized spacial score (nSPS) is 10.5. The number of nitrogens with zero attached hydrogens (tertiary/aromatic N) is 4. The van der Waals surface area contributed by atoms with Crippen LogP contribution in [0.5, 0.6) is 0 Å². The van der Waals surface area contributed by atoms with Gasteiger partial charge in [-0.05, 0) is 18.2 Å². The van der Waals surface area contributed by atoms with Gasteiger partial charge in [0, 0.05) is 23.4 Å². The molecule has 0 amide bonds. The molecule has 0 radical (unpaired) electrons. The second kappa shape index (κ2) is 9.33. The fraction of sp³-hybridized carbons (Fsp3) is 0.0833. The summed E-state index contributed by atoms with van der Waals surface area (Å²) in [7, 11) is 2.41. The largest absolute Gasteiger partial charge is 0.465 e. The van der Waals surface area contributed by atoms with E-state index in [1.54, 1.807) is 48.5 Å². The van der Waals surface area contributed by atoms with Crippen LogP contribution in [0.2, 0.25) is 0 Å². The first-order chi connectivity index (χ1) is 16.5. The highest BCUT2D eigenvalue weighted by atomic mass is 16.6. The maximum absolute atomic E-state index is 12.7. The Labute approximate surface area is 193 Å². The van der Waals surface area contributed by atoms with E-state index in [1.807, 2.05) is 6.07 Å². The first-order valence-corrected chi connectivity index (χ1v) is 10.0. The molecule has 0 atom stereocenters. The highest BCUT2D eigenvalue weighted by molar-refractivity contribution is 6.06. The molecule has 4 rings (SSSR count). The van der Waals surface area contributed by atoms with E-state index in [2.05, 4.69) is 10.1 Å². The molecule has 170 valence electrons. The third-order valence-corrected chi connectivity index (χ3v) is 5.07. The minimum absolute atomic E-state index is 0.0604. The molecule has 4 aromatic rings. The van der Waals surface area contributed by atoms with Crippen molar-refractivity contribution in [2.75, 3.05) is 14.2 Å². The molecule has 0 unspecified atom stereocenters. The van der Waals surface area contributed by atoms with E-state index in [-0.39, 0.29) is 28.3 Å². The van der Waals surface area contributed by atoms with Crippen molar-refractivity contribution in [3.05, 3.63) is 94.3 Å². The van der Waals surface area contributed by atoms with E-state index in [1.165, 1.54) is 37.2 Å². The molecule has 34 heavy (non-hydrogen) atoms. The second-order valence-corrected chi connectivity index (χ2v) is 7.01. The van der Waals surface area contributed by atoms with Crippen LogP contribution in [-0.2, 0) is 9.47 Å². The molecule has 0 spiro atoms. The number of benzene rings is 2. The Morgan fingerprint density at radius 2 is 1.47 bits per heavy atom. The number of aromatic nitrogens is 3. The van der Waals surface area contributed by atoms with Crippen LogP contribution in [0.25, 0.3) is 28.2 Å². The van der Waals surface area contributed by atoms with Crippen molar-refractivity contribution in [3.8, 4) is 28.2 Å². The van der Waals surface area contributed by atoms with Gasteiger partial charge in [-0.25, -0.2) is 19.3 Å². The van der Waals surface area contributed by atoms with Gasteiger partial charge < -0.3 is 9.47 Å². The number of carbonyl (C=O) groups is 2. The molecule has 10 heteroatoms. The predicted molar refractivity (Wildman–Crippen MR) is 122 cm³/mol. The van der Waals surface area contributed by atoms with Gasteiger partial charge in [-0.2, -0.15) is 5.10 Å². The molecule has 0 aliphatic heterocycles. The summed E-state index contributed by atoms with van der Waals surface area (Å²) in [5.41, 5.74) is 1.66. The number of esters is 2. The third kappa shape index (κ3) is 3.99. The van der Waals surface area contributed by atoms with Crippen molar-refractivity contribution in [3.63, 3.8) is 0 Å². The van der Waals surface area contributed by atoms with Crippen molar-refractivity contribution >= 4 is 17.6 Å². The molecule has 0 aliphatic rings. The Morgan fingerprint density at radius 1 is 0.853 bits per heavy atom. The number of nitro groups is 1. The van der Waals surface area contributed by atoms with Crippen LogP contribution in [0.1, 0.15) is 20.8 Å². The van der Waals surface area contributed by atoms with E-state index < -0.39 is 16.9 Å². The summed E-state index contributed by atoms with van der Waals surface area (Å²) in [6, 6.07) is 18.2. The number of rotatable bonds is 6. The quantitative estimate of drug-likeness (QED) is 0.240. The summed E-state index contributed by atoms with van der Waals surface area (Å²) in [6.45, 7) is 0. The average molecular weight is 458 g/mol. The average Bonchev–Trinajstić information content (AvgIpc) is 3.29. The van der Waals surface area contributed by atoms with Crippen LogP contribution in [0.15, 0.2) is 72.9 Å². The Kier molecular flexibility index (Phi) is 6.13. The topological polar surface area (TPSA) is 126 Å². The molecule has 0 saturated carbocycles. The maximum atomic E-state index is 12.7. The van der Waals surface area contributed by atoms with Crippen molar-refractivity contribution in [1.82, 2.24) is 14.8 Å². The summed E-state index contributed by atoms with van der Waals surface area (Å²) >= 11 is 0. The fourth-order valence-electron chi connectivity index (χ4n) is 3.51. The molecule has 0 bridgehead atoms. The number of para-hydroxylation sites is 1. The zero-order valence-electron chi connectivity index (χ0n) is 18.2. The van der Waals surface area contributed by atoms with Crippen molar-refractivity contribution < 1.29 is 24.0 Å². The van der Waals surface area contributed by atoms with Gasteiger partial charge in [0.1, 0.15) is 17.0 Å². The fourth-order valence-corrected chi connectivity index (χ4v) is 3.51. The molecular weight excluding hydrogens is 440 g/mol. The molecule has 2 heterocycles. The summed E-state index contributed by atoms with van der Waals surface area (Å²) < 4.78 is 11.2. The van der Waals surface area contributed by atoms with Crippen molar-refractivity contribution in [2.45, 2.75) is 0 Å². The van der Waals surface area contributed by atoms with Crippen LogP contribution in [-0.4, -0.2) is 45.8 Å². The lowest BCUT2D eigenvalue weighted by Crippen LogP contribution is -2.15. The maximum Gasteiger partial charge on any atom is 0.357 e. The molecule has 2 aromatic heterocycles. The van der Waals surface area contributed by atoms with Crippen LogP contribution < -0.4 is 0 Å². The van der Waals surface area contributed by atoms with Gasteiger partial charge >= 0.3 is 11.9 Å². The first-order valence-electron chi connectivity index (χ1n) is 10.0. The van der Waals surface area contributed by atoms with E-state index >= 15 is 0 Å². The molecule has 0 fully saturated rings. The van der Waals surface area contributed by atoms with E-state index in [9.17, 15) is 19.7 Å². The SMILES string of the molecule is COC(=O)c1c(-c2ccc(-c3ncccc3[N+](=O)[O-])cc2)nn(-c2ccccc2)c1C(=O)OC. The van der Waals surface area contributed by atoms with E-state index in [0.29, 0.717) is 16.8 Å². The van der Waals surface area contributed by atoms with Gasteiger partial charge in [0.15, 0.2) is 5.69 Å². The Hall–Kier alpha value is -4.86. The summed E-state index contributed by atoms with van der Waals surface area (Å²) in [5, 5.41) is 15.9. The molecule has 0 saturated heterocycles. The number of hydrogen-bond acceptors (Lipinski definition) is 8. The minimum atomic E-state index is -0.762. The standard InChI is InChI=1S/C24H18N4O6/c1-33-23(29)19-21(26-27(22(19)24(30)34-2)17-7-4-3-5-8-17)16-12-10-15(11-13-16)20-18(28(31)32)9-6-14-25-20/h3-14H,1-2H3.